The lowest BCUT2D eigenvalue weighted by Crippen LogP contribution is -2.28. The molecule has 0 saturated heterocycles. The van der Waals surface area contributed by atoms with E-state index in [4.69, 9.17) is 23.7 Å². The van der Waals surface area contributed by atoms with Crippen LogP contribution >= 0.6 is 0 Å². The van der Waals surface area contributed by atoms with Gasteiger partial charge < -0.3 is 29.0 Å². The standard InChI is InChI=1S/C22H27NO7/c1-26-17-8-5-15(6-9-17)13-23-20(24)14-30-21(25)10-7-16-11-18(27-2)22(29-4)19(12-16)28-3/h5-6,8-9,11-12H,7,10,13-14H2,1-4H3,(H,23,24). The maximum Gasteiger partial charge on any atom is 0.306 e. The topological polar surface area (TPSA) is 92.3 Å². The van der Waals surface area contributed by atoms with Crippen molar-refractivity contribution >= 4 is 11.9 Å². The van der Waals surface area contributed by atoms with Crippen molar-refractivity contribution in [2.24, 2.45) is 0 Å². The first-order valence-electron chi connectivity index (χ1n) is 9.34. The quantitative estimate of drug-likeness (QED) is 0.562. The summed E-state index contributed by atoms with van der Waals surface area (Å²) in [4.78, 5) is 23.9. The molecule has 0 bridgehead atoms. The number of methoxy groups -OCH3 is 4. The van der Waals surface area contributed by atoms with Crippen LogP contribution in [0.25, 0.3) is 0 Å². The zero-order valence-corrected chi connectivity index (χ0v) is 17.7. The van der Waals surface area contributed by atoms with E-state index in [2.05, 4.69) is 5.32 Å². The van der Waals surface area contributed by atoms with Crippen LogP contribution in [-0.4, -0.2) is 46.9 Å². The molecule has 30 heavy (non-hydrogen) atoms. The van der Waals surface area contributed by atoms with Gasteiger partial charge in [-0.25, -0.2) is 0 Å². The molecule has 0 fully saturated rings. The van der Waals surface area contributed by atoms with Crippen molar-refractivity contribution in [2.75, 3.05) is 35.0 Å². The van der Waals surface area contributed by atoms with Crippen molar-refractivity contribution in [2.45, 2.75) is 19.4 Å². The number of rotatable bonds is 11. The summed E-state index contributed by atoms with van der Waals surface area (Å²) in [6, 6.07) is 10.9. The largest absolute Gasteiger partial charge is 0.497 e. The maximum absolute atomic E-state index is 12.0. The number of ether oxygens (including phenoxy) is 5. The first-order chi connectivity index (χ1) is 14.5. The molecule has 2 aromatic rings. The number of amides is 1. The van der Waals surface area contributed by atoms with Gasteiger partial charge in [0, 0.05) is 13.0 Å². The Morgan fingerprint density at radius 2 is 1.47 bits per heavy atom. The molecule has 1 amide bonds. The van der Waals surface area contributed by atoms with Crippen LogP contribution in [0, 0.1) is 0 Å². The summed E-state index contributed by atoms with van der Waals surface area (Å²) < 4.78 is 26.0. The van der Waals surface area contributed by atoms with Crippen molar-refractivity contribution in [1.82, 2.24) is 5.32 Å². The number of benzene rings is 2. The fourth-order valence-electron chi connectivity index (χ4n) is 2.74. The Bertz CT molecular complexity index is 824. The van der Waals surface area contributed by atoms with E-state index < -0.39 is 5.97 Å². The van der Waals surface area contributed by atoms with Gasteiger partial charge >= 0.3 is 5.97 Å². The molecule has 0 spiro atoms. The van der Waals surface area contributed by atoms with Crippen molar-refractivity contribution in [3.8, 4) is 23.0 Å². The normalized spacial score (nSPS) is 10.1. The SMILES string of the molecule is COc1ccc(CNC(=O)COC(=O)CCc2cc(OC)c(OC)c(OC)c2)cc1. The molecule has 8 nitrogen and oxygen atoms in total. The van der Waals surface area contributed by atoms with Crippen LogP contribution in [0.2, 0.25) is 0 Å². The van der Waals surface area contributed by atoms with Gasteiger partial charge in [-0.3, -0.25) is 9.59 Å². The number of aryl methyl sites for hydroxylation is 1. The van der Waals surface area contributed by atoms with Gasteiger partial charge in [-0.05, 0) is 41.8 Å². The summed E-state index contributed by atoms with van der Waals surface area (Å²) in [6.07, 6.45) is 0.521. The Kier molecular flexibility index (Phi) is 8.80. The summed E-state index contributed by atoms with van der Waals surface area (Å²) in [5.74, 6) is 1.41. The summed E-state index contributed by atoms with van der Waals surface area (Å²) in [5, 5.41) is 2.70. The van der Waals surface area contributed by atoms with Crippen LogP contribution in [0.4, 0.5) is 0 Å². The lowest BCUT2D eigenvalue weighted by Gasteiger charge is -2.14. The summed E-state index contributed by atoms with van der Waals surface area (Å²) in [7, 11) is 6.17. The Hall–Kier alpha value is -3.42. The van der Waals surface area contributed by atoms with Crippen molar-refractivity contribution in [1.29, 1.82) is 0 Å². The number of nitrogens with one attached hydrogen (secondary N) is 1. The smallest absolute Gasteiger partial charge is 0.306 e. The van der Waals surface area contributed by atoms with Gasteiger partial charge in [0.25, 0.3) is 5.91 Å². The van der Waals surface area contributed by atoms with E-state index in [0.717, 1.165) is 16.9 Å². The molecule has 0 aliphatic rings. The average Bonchev–Trinajstić information content (AvgIpc) is 2.79. The average molecular weight is 417 g/mol. The molecule has 0 saturated carbocycles. The molecule has 0 radical (unpaired) electrons. The third-order valence-corrected chi connectivity index (χ3v) is 4.36. The fourth-order valence-corrected chi connectivity index (χ4v) is 2.74. The van der Waals surface area contributed by atoms with E-state index in [1.165, 1.54) is 21.3 Å². The molecular formula is C22H27NO7. The second kappa shape index (κ2) is 11.5. The third kappa shape index (κ3) is 6.58. The highest BCUT2D eigenvalue weighted by molar-refractivity contribution is 5.80. The molecule has 0 aliphatic carbocycles. The zero-order valence-electron chi connectivity index (χ0n) is 17.7. The van der Waals surface area contributed by atoms with Crippen LogP contribution in [0.1, 0.15) is 17.5 Å². The minimum atomic E-state index is -0.469. The van der Waals surface area contributed by atoms with Gasteiger partial charge in [0.05, 0.1) is 28.4 Å². The molecule has 2 aromatic carbocycles. The summed E-state index contributed by atoms with van der Waals surface area (Å²) in [5.41, 5.74) is 1.74. The van der Waals surface area contributed by atoms with Crippen molar-refractivity contribution in [3.05, 3.63) is 47.5 Å². The monoisotopic (exact) mass is 417 g/mol. The highest BCUT2D eigenvalue weighted by Crippen LogP contribution is 2.38. The predicted octanol–water partition coefficient (Wildman–Crippen LogP) is 2.51. The maximum atomic E-state index is 12.0. The van der Waals surface area contributed by atoms with E-state index in [1.807, 2.05) is 24.3 Å². The molecule has 0 unspecified atom stereocenters. The van der Waals surface area contributed by atoms with Gasteiger partial charge in [-0.15, -0.1) is 0 Å². The molecule has 1 N–H and O–H groups in total. The minimum Gasteiger partial charge on any atom is -0.497 e. The first kappa shape index (κ1) is 22.9. The number of esters is 1. The van der Waals surface area contributed by atoms with Crippen molar-refractivity contribution in [3.63, 3.8) is 0 Å². The van der Waals surface area contributed by atoms with Gasteiger partial charge in [0.1, 0.15) is 5.75 Å². The van der Waals surface area contributed by atoms with E-state index >= 15 is 0 Å². The molecule has 162 valence electrons. The molecular weight excluding hydrogens is 390 g/mol. The molecule has 0 heterocycles. The van der Waals surface area contributed by atoms with Crippen LogP contribution in [0.15, 0.2) is 36.4 Å². The molecule has 8 heteroatoms. The van der Waals surface area contributed by atoms with E-state index in [-0.39, 0.29) is 18.9 Å². The van der Waals surface area contributed by atoms with E-state index in [0.29, 0.717) is 30.2 Å². The Balaban J connectivity index is 1.78. The van der Waals surface area contributed by atoms with Crippen LogP contribution in [0.5, 0.6) is 23.0 Å². The molecule has 0 atom stereocenters. The number of hydrogen-bond donors (Lipinski definition) is 1. The van der Waals surface area contributed by atoms with Gasteiger partial charge in [0.2, 0.25) is 5.75 Å². The third-order valence-electron chi connectivity index (χ3n) is 4.36. The molecule has 2 rings (SSSR count). The Morgan fingerprint density at radius 3 is 2.00 bits per heavy atom. The van der Waals surface area contributed by atoms with Gasteiger partial charge in [0.15, 0.2) is 18.1 Å². The predicted molar refractivity (Wildman–Crippen MR) is 110 cm³/mol. The Labute approximate surface area is 176 Å². The lowest BCUT2D eigenvalue weighted by molar-refractivity contribution is -0.148. The van der Waals surface area contributed by atoms with E-state index in [1.54, 1.807) is 19.2 Å². The second-order valence-electron chi connectivity index (χ2n) is 6.32. The van der Waals surface area contributed by atoms with E-state index in [9.17, 15) is 9.59 Å². The fraction of sp³-hybridized carbons (Fsp3) is 0.364. The summed E-state index contributed by atoms with van der Waals surface area (Å²) >= 11 is 0. The van der Waals surface area contributed by atoms with Crippen LogP contribution < -0.4 is 24.3 Å². The highest BCUT2D eigenvalue weighted by Gasteiger charge is 2.14. The number of carbonyl (C=O) groups is 2. The lowest BCUT2D eigenvalue weighted by atomic mass is 10.1. The Morgan fingerprint density at radius 1 is 0.833 bits per heavy atom. The molecule has 0 aliphatic heterocycles. The van der Waals surface area contributed by atoms with Crippen LogP contribution in [-0.2, 0) is 27.3 Å². The number of carbonyl (C=O) groups excluding carboxylic acids is 2. The van der Waals surface area contributed by atoms with Gasteiger partial charge in [-0.1, -0.05) is 12.1 Å². The first-order valence-corrected chi connectivity index (χ1v) is 9.34. The molecule has 0 aromatic heterocycles. The zero-order chi connectivity index (χ0) is 21.9. The summed E-state index contributed by atoms with van der Waals surface area (Å²) in [6.45, 7) is 0.00998. The second-order valence-corrected chi connectivity index (χ2v) is 6.32. The number of hydrogen-bond acceptors (Lipinski definition) is 7. The highest BCUT2D eigenvalue weighted by atomic mass is 16.5. The van der Waals surface area contributed by atoms with Gasteiger partial charge in [-0.2, -0.15) is 0 Å². The van der Waals surface area contributed by atoms with Crippen molar-refractivity contribution < 1.29 is 33.3 Å². The van der Waals surface area contributed by atoms with Crippen LogP contribution in [0.3, 0.4) is 0 Å². The minimum absolute atomic E-state index is 0.115.